The van der Waals surface area contributed by atoms with Crippen molar-refractivity contribution in [1.82, 2.24) is 0 Å². The van der Waals surface area contributed by atoms with Gasteiger partial charge in [0.1, 0.15) is 17.7 Å². The second kappa shape index (κ2) is 7.11. The molecule has 2 aromatic rings. The zero-order valence-electron chi connectivity index (χ0n) is 16.3. The number of carbonyl (C=O) groups excluding carboxylic acids is 1. The van der Waals surface area contributed by atoms with Gasteiger partial charge in [0.25, 0.3) is 0 Å². The molecule has 0 unspecified atom stereocenters. The average molecular weight is 383 g/mol. The molecule has 2 aromatic carbocycles. The minimum Gasteiger partial charge on any atom is -0.451 e. The van der Waals surface area contributed by atoms with Gasteiger partial charge in [-0.05, 0) is 49.8 Å². The van der Waals surface area contributed by atoms with Crippen molar-refractivity contribution in [2.24, 2.45) is 0 Å². The van der Waals surface area contributed by atoms with E-state index in [1.54, 1.807) is 6.07 Å². The molecule has 29 heavy (non-hydrogen) atoms. The lowest BCUT2D eigenvalue weighted by atomic mass is 9.78. The van der Waals surface area contributed by atoms with Gasteiger partial charge in [0.2, 0.25) is 0 Å². The smallest absolute Gasteiger partial charge is 0.339 e. The summed E-state index contributed by atoms with van der Waals surface area (Å²) in [7, 11) is 0. The summed E-state index contributed by atoms with van der Waals surface area (Å²) >= 11 is 0. The summed E-state index contributed by atoms with van der Waals surface area (Å²) in [5, 5.41) is 19.5. The standard InChI is InChI=1S/C24H21N3O2/c1-15-21(23(28)29-24(15)10-6-3-7-11-24)18-12-17(16-8-4-2-5-9-16)19(13-25)22(27)20(18)14-26/h2,4-5,8-9,12H,3,6-7,10-11,27H2,1H3. The third-order valence-corrected chi connectivity index (χ3v) is 6.16. The molecule has 5 nitrogen and oxygen atoms in total. The minimum atomic E-state index is -0.576. The Morgan fingerprint density at radius 1 is 1.00 bits per heavy atom. The number of nitrogen functional groups attached to an aromatic ring is 1. The summed E-state index contributed by atoms with van der Waals surface area (Å²) < 4.78 is 5.88. The van der Waals surface area contributed by atoms with Crippen molar-refractivity contribution >= 4 is 17.2 Å². The molecule has 1 aliphatic carbocycles. The van der Waals surface area contributed by atoms with E-state index >= 15 is 0 Å². The molecule has 1 fully saturated rings. The number of ether oxygens (including phenoxy) is 1. The van der Waals surface area contributed by atoms with Crippen LogP contribution in [-0.4, -0.2) is 11.6 Å². The average Bonchev–Trinajstić information content (AvgIpc) is 2.97. The predicted molar refractivity (Wildman–Crippen MR) is 110 cm³/mol. The molecule has 2 aliphatic rings. The van der Waals surface area contributed by atoms with Gasteiger partial charge in [-0.25, -0.2) is 4.79 Å². The lowest BCUT2D eigenvalue weighted by Crippen LogP contribution is -2.33. The fourth-order valence-electron chi connectivity index (χ4n) is 4.59. The monoisotopic (exact) mass is 383 g/mol. The number of hydrogen-bond donors (Lipinski definition) is 1. The molecule has 144 valence electrons. The molecule has 1 heterocycles. The maximum absolute atomic E-state index is 12.9. The van der Waals surface area contributed by atoms with Gasteiger partial charge in [0.15, 0.2) is 0 Å². The number of nitrogens with two attached hydrogens (primary N) is 1. The van der Waals surface area contributed by atoms with E-state index in [9.17, 15) is 15.3 Å². The summed E-state index contributed by atoms with van der Waals surface area (Å²) in [5.41, 5.74) is 9.31. The van der Waals surface area contributed by atoms with Crippen LogP contribution in [0.5, 0.6) is 0 Å². The summed E-state index contributed by atoms with van der Waals surface area (Å²) in [6, 6.07) is 15.4. The van der Waals surface area contributed by atoms with Crippen molar-refractivity contribution in [3.63, 3.8) is 0 Å². The lowest BCUT2D eigenvalue weighted by molar-refractivity contribution is -0.147. The molecule has 0 bridgehead atoms. The molecule has 0 amide bonds. The maximum atomic E-state index is 12.9. The van der Waals surface area contributed by atoms with Gasteiger partial charge in [-0.3, -0.25) is 0 Å². The van der Waals surface area contributed by atoms with Crippen molar-refractivity contribution in [1.29, 1.82) is 10.5 Å². The zero-order valence-corrected chi connectivity index (χ0v) is 16.3. The molecule has 0 atom stereocenters. The lowest BCUT2D eigenvalue weighted by Gasteiger charge is -2.33. The normalized spacial score (nSPS) is 17.7. The van der Waals surface area contributed by atoms with E-state index in [-0.39, 0.29) is 16.8 Å². The van der Waals surface area contributed by atoms with Crippen molar-refractivity contribution in [3.05, 3.63) is 58.7 Å². The molecule has 0 radical (unpaired) electrons. The highest BCUT2D eigenvalue weighted by Gasteiger charge is 2.46. The quantitative estimate of drug-likeness (QED) is 0.598. The van der Waals surface area contributed by atoms with Crippen LogP contribution in [0.2, 0.25) is 0 Å². The van der Waals surface area contributed by atoms with Gasteiger partial charge in [0, 0.05) is 11.1 Å². The number of anilines is 1. The topological polar surface area (TPSA) is 99.9 Å². The van der Waals surface area contributed by atoms with Gasteiger partial charge < -0.3 is 10.5 Å². The summed E-state index contributed by atoms with van der Waals surface area (Å²) in [6.45, 7) is 1.92. The van der Waals surface area contributed by atoms with Crippen LogP contribution in [0.1, 0.15) is 55.7 Å². The van der Waals surface area contributed by atoms with Crippen LogP contribution >= 0.6 is 0 Å². The van der Waals surface area contributed by atoms with E-state index in [0.29, 0.717) is 16.7 Å². The molecular weight excluding hydrogens is 362 g/mol. The van der Waals surface area contributed by atoms with E-state index in [1.807, 2.05) is 37.3 Å². The number of rotatable bonds is 2. The number of hydrogen-bond acceptors (Lipinski definition) is 5. The van der Waals surface area contributed by atoms with Crippen LogP contribution < -0.4 is 5.73 Å². The summed E-state index contributed by atoms with van der Waals surface area (Å²) in [5.74, 6) is -0.413. The first-order valence-corrected chi connectivity index (χ1v) is 9.79. The van der Waals surface area contributed by atoms with Crippen molar-refractivity contribution in [2.45, 2.75) is 44.6 Å². The van der Waals surface area contributed by atoms with Crippen LogP contribution in [0.15, 0.2) is 42.0 Å². The van der Waals surface area contributed by atoms with Crippen LogP contribution in [0, 0.1) is 22.7 Å². The first-order valence-electron chi connectivity index (χ1n) is 9.79. The molecule has 1 spiro atoms. The highest BCUT2D eigenvalue weighted by atomic mass is 16.6. The molecule has 1 saturated carbocycles. The Labute approximate surface area is 170 Å². The number of benzene rings is 2. The molecule has 4 rings (SSSR count). The van der Waals surface area contributed by atoms with E-state index in [1.165, 1.54) is 0 Å². The van der Waals surface area contributed by atoms with Crippen LogP contribution in [-0.2, 0) is 9.53 Å². The van der Waals surface area contributed by atoms with E-state index < -0.39 is 11.6 Å². The second-order valence-corrected chi connectivity index (χ2v) is 7.67. The zero-order chi connectivity index (χ0) is 20.6. The first kappa shape index (κ1) is 18.8. The number of esters is 1. The largest absolute Gasteiger partial charge is 0.451 e. The second-order valence-electron chi connectivity index (χ2n) is 7.67. The highest BCUT2D eigenvalue weighted by molar-refractivity contribution is 6.21. The molecule has 1 aliphatic heterocycles. The van der Waals surface area contributed by atoms with Crippen molar-refractivity contribution in [2.75, 3.05) is 5.73 Å². The van der Waals surface area contributed by atoms with E-state index in [4.69, 9.17) is 10.5 Å². The Morgan fingerprint density at radius 2 is 1.62 bits per heavy atom. The fraction of sp³-hybridized carbons (Fsp3) is 0.292. The maximum Gasteiger partial charge on any atom is 0.339 e. The van der Waals surface area contributed by atoms with Crippen LogP contribution in [0.25, 0.3) is 16.7 Å². The third-order valence-electron chi connectivity index (χ3n) is 6.16. The van der Waals surface area contributed by atoms with Gasteiger partial charge in [0.05, 0.1) is 22.4 Å². The van der Waals surface area contributed by atoms with Crippen LogP contribution in [0.4, 0.5) is 5.69 Å². The summed E-state index contributed by atoms with van der Waals surface area (Å²) in [6.07, 6.45) is 4.75. The van der Waals surface area contributed by atoms with Crippen molar-refractivity contribution in [3.8, 4) is 23.3 Å². The Bertz CT molecular complexity index is 1110. The van der Waals surface area contributed by atoms with Gasteiger partial charge in [-0.2, -0.15) is 10.5 Å². The molecule has 5 heteroatoms. The van der Waals surface area contributed by atoms with Crippen LogP contribution in [0.3, 0.4) is 0 Å². The Hall–Kier alpha value is -3.57. The number of nitrogens with zero attached hydrogens (tertiary/aromatic N) is 2. The predicted octanol–water partition coefficient (Wildman–Crippen LogP) is 4.71. The Kier molecular flexibility index (Phi) is 4.60. The van der Waals surface area contributed by atoms with E-state index in [0.717, 1.165) is 43.2 Å². The minimum absolute atomic E-state index is 0.101. The fourth-order valence-corrected chi connectivity index (χ4v) is 4.59. The molecule has 0 saturated heterocycles. The molecular formula is C24H21N3O2. The molecule has 2 N–H and O–H groups in total. The highest BCUT2D eigenvalue weighted by Crippen LogP contribution is 2.48. The van der Waals surface area contributed by atoms with Gasteiger partial charge in [-0.1, -0.05) is 36.8 Å². The molecule has 0 aromatic heterocycles. The Morgan fingerprint density at radius 3 is 2.24 bits per heavy atom. The first-order chi connectivity index (χ1) is 14.0. The number of carbonyl (C=O) groups is 1. The Balaban J connectivity index is 1.99. The number of nitriles is 2. The van der Waals surface area contributed by atoms with Gasteiger partial charge in [-0.15, -0.1) is 0 Å². The third kappa shape index (κ3) is 2.87. The summed E-state index contributed by atoms with van der Waals surface area (Å²) in [4.78, 5) is 12.9. The van der Waals surface area contributed by atoms with Gasteiger partial charge >= 0.3 is 5.97 Å². The van der Waals surface area contributed by atoms with Crippen molar-refractivity contribution < 1.29 is 9.53 Å². The SMILES string of the molecule is CC1=C(c2cc(-c3ccccc3)c(C#N)c(N)c2C#N)C(=O)OC12CCCCC2. The van der Waals surface area contributed by atoms with E-state index in [2.05, 4.69) is 12.1 Å².